The fraction of sp³-hybridized carbons (Fsp3) is 0.143. The molecule has 0 radical (unpaired) electrons. The summed E-state index contributed by atoms with van der Waals surface area (Å²) in [5.74, 6) is 0. The van der Waals surface area contributed by atoms with Gasteiger partial charge in [0.1, 0.15) is 0 Å². The second kappa shape index (κ2) is 10.5. The summed E-state index contributed by atoms with van der Waals surface area (Å²) in [6.45, 7) is 3.53. The average Bonchev–Trinajstić information content (AvgIpc) is 2.82. The molecule has 2 heteroatoms. The molecular formula is C28H28N2. The molecule has 0 heterocycles. The van der Waals surface area contributed by atoms with E-state index in [1.807, 2.05) is 0 Å². The maximum absolute atomic E-state index is 3.51. The predicted molar refractivity (Wildman–Crippen MR) is 126 cm³/mol. The Labute approximate surface area is 179 Å². The van der Waals surface area contributed by atoms with Crippen molar-refractivity contribution >= 4 is 0 Å². The fourth-order valence-electron chi connectivity index (χ4n) is 3.52. The Bertz CT molecular complexity index is 921. The van der Waals surface area contributed by atoms with Crippen LogP contribution in [0.25, 0.3) is 11.1 Å². The van der Waals surface area contributed by atoms with E-state index in [0.717, 1.165) is 26.2 Å². The third-order valence-electron chi connectivity index (χ3n) is 5.24. The smallest absolute Gasteiger partial charge is 0.0208 e. The van der Waals surface area contributed by atoms with E-state index < -0.39 is 0 Å². The van der Waals surface area contributed by atoms with Gasteiger partial charge in [-0.1, -0.05) is 109 Å². The Morgan fingerprint density at radius 2 is 0.633 bits per heavy atom. The number of rotatable bonds is 9. The van der Waals surface area contributed by atoms with Crippen LogP contribution >= 0.6 is 0 Å². The summed E-state index contributed by atoms with van der Waals surface area (Å²) in [5, 5.41) is 7.02. The molecule has 2 N–H and O–H groups in total. The van der Waals surface area contributed by atoms with Gasteiger partial charge in [-0.2, -0.15) is 0 Å². The van der Waals surface area contributed by atoms with Crippen LogP contribution in [0.4, 0.5) is 0 Å². The number of hydrogen-bond acceptors (Lipinski definition) is 2. The van der Waals surface area contributed by atoms with Gasteiger partial charge in [0.15, 0.2) is 0 Å². The van der Waals surface area contributed by atoms with Gasteiger partial charge in [0.25, 0.3) is 0 Å². The molecule has 0 aliphatic heterocycles. The Morgan fingerprint density at radius 3 is 0.967 bits per heavy atom. The van der Waals surface area contributed by atoms with Crippen LogP contribution < -0.4 is 10.6 Å². The van der Waals surface area contributed by atoms with Crippen molar-refractivity contribution in [2.75, 3.05) is 0 Å². The number of benzene rings is 4. The van der Waals surface area contributed by atoms with E-state index in [0.29, 0.717) is 0 Å². The van der Waals surface area contributed by atoms with Crippen LogP contribution in [0.15, 0.2) is 109 Å². The molecule has 0 amide bonds. The third-order valence-corrected chi connectivity index (χ3v) is 5.24. The summed E-state index contributed by atoms with van der Waals surface area (Å²) in [6.07, 6.45) is 0. The molecule has 150 valence electrons. The molecule has 0 saturated heterocycles. The van der Waals surface area contributed by atoms with E-state index in [1.165, 1.54) is 33.4 Å². The van der Waals surface area contributed by atoms with Crippen molar-refractivity contribution in [1.82, 2.24) is 10.6 Å². The normalized spacial score (nSPS) is 10.8. The first kappa shape index (κ1) is 20.1. The van der Waals surface area contributed by atoms with Gasteiger partial charge in [-0.3, -0.25) is 0 Å². The third kappa shape index (κ3) is 5.90. The molecule has 0 fully saturated rings. The van der Waals surface area contributed by atoms with E-state index in [9.17, 15) is 0 Å². The maximum atomic E-state index is 3.51. The largest absolute Gasteiger partial charge is 0.309 e. The quantitative estimate of drug-likeness (QED) is 0.369. The Balaban J connectivity index is 1.26. The highest BCUT2D eigenvalue weighted by Crippen LogP contribution is 2.20. The molecule has 0 bridgehead atoms. The van der Waals surface area contributed by atoms with Crippen LogP contribution in [0.2, 0.25) is 0 Å². The minimum Gasteiger partial charge on any atom is -0.309 e. The van der Waals surface area contributed by atoms with Crippen molar-refractivity contribution in [2.24, 2.45) is 0 Å². The summed E-state index contributed by atoms with van der Waals surface area (Å²) in [5.41, 5.74) is 7.74. The first-order valence-corrected chi connectivity index (χ1v) is 10.5. The van der Waals surface area contributed by atoms with E-state index in [4.69, 9.17) is 0 Å². The minimum absolute atomic E-state index is 0.876. The monoisotopic (exact) mass is 392 g/mol. The molecule has 0 aliphatic rings. The predicted octanol–water partition coefficient (Wildman–Crippen LogP) is 5.93. The van der Waals surface area contributed by atoms with Crippen LogP contribution in [-0.2, 0) is 26.2 Å². The van der Waals surface area contributed by atoms with Crippen LogP contribution in [0.1, 0.15) is 22.3 Å². The fourth-order valence-corrected chi connectivity index (χ4v) is 3.52. The highest BCUT2D eigenvalue weighted by Gasteiger charge is 2.00. The Hall–Kier alpha value is -3.20. The molecule has 0 aliphatic carbocycles. The number of hydrogen-bond donors (Lipinski definition) is 2. The van der Waals surface area contributed by atoms with Crippen LogP contribution in [0.3, 0.4) is 0 Å². The lowest BCUT2D eigenvalue weighted by Gasteiger charge is -2.08. The zero-order valence-corrected chi connectivity index (χ0v) is 17.2. The summed E-state index contributed by atoms with van der Waals surface area (Å²) < 4.78 is 0. The maximum Gasteiger partial charge on any atom is 0.0208 e. The highest BCUT2D eigenvalue weighted by atomic mass is 14.8. The zero-order chi connectivity index (χ0) is 20.4. The molecule has 0 saturated carbocycles. The van der Waals surface area contributed by atoms with Gasteiger partial charge in [-0.05, 0) is 33.4 Å². The topological polar surface area (TPSA) is 24.1 Å². The lowest BCUT2D eigenvalue weighted by Crippen LogP contribution is -2.12. The van der Waals surface area contributed by atoms with E-state index in [2.05, 4.69) is 120 Å². The number of nitrogens with one attached hydrogen (secondary N) is 2. The van der Waals surface area contributed by atoms with Crippen molar-refractivity contribution < 1.29 is 0 Å². The standard InChI is InChI=1S/C28H28N2/c1-3-7-23(8-4-1)19-29-21-25-11-15-27(16-12-25)28-17-13-26(14-18-28)22-30-20-24-9-5-2-6-10-24/h1-18,29-30H,19-22H2. The summed E-state index contributed by atoms with van der Waals surface area (Å²) in [4.78, 5) is 0. The molecule has 0 atom stereocenters. The highest BCUT2D eigenvalue weighted by molar-refractivity contribution is 5.64. The first-order valence-electron chi connectivity index (χ1n) is 10.5. The van der Waals surface area contributed by atoms with Crippen molar-refractivity contribution in [1.29, 1.82) is 0 Å². The van der Waals surface area contributed by atoms with Gasteiger partial charge in [-0.15, -0.1) is 0 Å². The second-order valence-corrected chi connectivity index (χ2v) is 7.57. The molecule has 0 spiro atoms. The van der Waals surface area contributed by atoms with Gasteiger partial charge in [0.05, 0.1) is 0 Å². The van der Waals surface area contributed by atoms with E-state index in [1.54, 1.807) is 0 Å². The molecule has 0 aromatic heterocycles. The first-order chi connectivity index (χ1) is 14.9. The van der Waals surface area contributed by atoms with Gasteiger partial charge in [0.2, 0.25) is 0 Å². The SMILES string of the molecule is c1ccc(CNCc2ccc(-c3ccc(CNCc4ccccc4)cc3)cc2)cc1. The summed E-state index contributed by atoms with van der Waals surface area (Å²) >= 11 is 0. The molecule has 30 heavy (non-hydrogen) atoms. The van der Waals surface area contributed by atoms with Gasteiger partial charge >= 0.3 is 0 Å². The molecule has 2 nitrogen and oxygen atoms in total. The van der Waals surface area contributed by atoms with Crippen molar-refractivity contribution in [3.05, 3.63) is 131 Å². The minimum atomic E-state index is 0.876. The van der Waals surface area contributed by atoms with Crippen molar-refractivity contribution in [3.63, 3.8) is 0 Å². The van der Waals surface area contributed by atoms with E-state index >= 15 is 0 Å². The van der Waals surface area contributed by atoms with Crippen molar-refractivity contribution in [3.8, 4) is 11.1 Å². The Morgan fingerprint density at radius 1 is 0.333 bits per heavy atom. The average molecular weight is 393 g/mol. The lowest BCUT2D eigenvalue weighted by atomic mass is 10.0. The lowest BCUT2D eigenvalue weighted by molar-refractivity contribution is 0.693. The molecule has 0 unspecified atom stereocenters. The Kier molecular flexibility index (Phi) is 7.06. The van der Waals surface area contributed by atoms with Crippen molar-refractivity contribution in [2.45, 2.75) is 26.2 Å². The van der Waals surface area contributed by atoms with Crippen LogP contribution in [0, 0.1) is 0 Å². The van der Waals surface area contributed by atoms with Gasteiger partial charge in [0, 0.05) is 26.2 Å². The second-order valence-electron chi connectivity index (χ2n) is 7.57. The molecule has 4 rings (SSSR count). The van der Waals surface area contributed by atoms with Gasteiger partial charge < -0.3 is 10.6 Å². The van der Waals surface area contributed by atoms with E-state index in [-0.39, 0.29) is 0 Å². The van der Waals surface area contributed by atoms with Crippen LogP contribution in [-0.4, -0.2) is 0 Å². The van der Waals surface area contributed by atoms with Gasteiger partial charge in [-0.25, -0.2) is 0 Å². The van der Waals surface area contributed by atoms with Crippen LogP contribution in [0.5, 0.6) is 0 Å². The zero-order valence-electron chi connectivity index (χ0n) is 17.2. The molecule has 4 aromatic rings. The summed E-state index contributed by atoms with van der Waals surface area (Å²) in [7, 11) is 0. The molecule has 4 aromatic carbocycles. The summed E-state index contributed by atoms with van der Waals surface area (Å²) in [6, 6.07) is 38.7. The molecular weight excluding hydrogens is 364 g/mol.